The fourth-order valence-electron chi connectivity index (χ4n) is 2.36. The van der Waals surface area contributed by atoms with Crippen LogP contribution in [-0.4, -0.2) is 9.78 Å². The van der Waals surface area contributed by atoms with Crippen LogP contribution in [0.5, 0.6) is 0 Å². The summed E-state index contributed by atoms with van der Waals surface area (Å²) in [6.45, 7) is 0. The van der Waals surface area contributed by atoms with Gasteiger partial charge >= 0.3 is 0 Å². The molecule has 0 unspecified atom stereocenters. The second-order valence-corrected chi connectivity index (χ2v) is 5.31. The lowest BCUT2D eigenvalue weighted by atomic mass is 9.98. The van der Waals surface area contributed by atoms with Crippen molar-refractivity contribution < 1.29 is 0 Å². The molecule has 0 fully saturated rings. The highest BCUT2D eigenvalue weighted by molar-refractivity contribution is 9.10. The number of H-pyrrole nitrogens is 1. The first-order valence-corrected chi connectivity index (χ1v) is 6.64. The third kappa shape index (κ3) is 1.86. The summed E-state index contributed by atoms with van der Waals surface area (Å²) in [5, 5.41) is 3.23. The Labute approximate surface area is 108 Å². The highest BCUT2D eigenvalue weighted by Gasteiger charge is 2.17. The van der Waals surface area contributed by atoms with Crippen LogP contribution < -0.4 is 5.56 Å². The Kier molecular flexibility index (Phi) is 2.67. The molecule has 1 aliphatic carbocycles. The van der Waals surface area contributed by atoms with Gasteiger partial charge in [-0.05, 0) is 49.9 Å². The maximum Gasteiger partial charge on any atom is 0.274 e. The summed E-state index contributed by atoms with van der Waals surface area (Å²) in [5.41, 5.74) is 3.10. The zero-order valence-corrected chi connectivity index (χ0v) is 11.0. The Bertz CT molecular complexity index is 595. The molecule has 0 saturated carbocycles. The van der Waals surface area contributed by atoms with Crippen molar-refractivity contribution in [3.63, 3.8) is 0 Å². The van der Waals surface area contributed by atoms with Gasteiger partial charge in [-0.25, -0.2) is 4.68 Å². The number of aryl methyl sites for hydroxylation is 1. The lowest BCUT2D eigenvalue weighted by molar-refractivity contribution is 0.671. The molecule has 1 aromatic heterocycles. The topological polar surface area (TPSA) is 37.8 Å². The van der Waals surface area contributed by atoms with E-state index < -0.39 is 0 Å². The Morgan fingerprint density at radius 2 is 1.82 bits per heavy atom. The number of nitrogens with zero attached hydrogens (tertiary/aromatic N) is 1. The van der Waals surface area contributed by atoms with Crippen molar-refractivity contribution in [2.24, 2.45) is 0 Å². The maximum atomic E-state index is 12.2. The number of fused-ring (bicyclic) bond motifs is 1. The van der Waals surface area contributed by atoms with Crippen molar-refractivity contribution in [2.75, 3.05) is 0 Å². The molecule has 2 aromatic rings. The molecule has 1 heterocycles. The van der Waals surface area contributed by atoms with Gasteiger partial charge in [-0.1, -0.05) is 15.9 Å². The smallest absolute Gasteiger partial charge is 0.274 e. The molecule has 0 spiro atoms. The van der Waals surface area contributed by atoms with Crippen molar-refractivity contribution in [1.82, 2.24) is 9.78 Å². The summed E-state index contributed by atoms with van der Waals surface area (Å²) in [6, 6.07) is 7.77. The lowest BCUT2D eigenvalue weighted by Gasteiger charge is -2.07. The summed E-state index contributed by atoms with van der Waals surface area (Å²) in [7, 11) is 0. The molecule has 0 saturated heterocycles. The van der Waals surface area contributed by atoms with Crippen LogP contribution in [0.2, 0.25) is 0 Å². The van der Waals surface area contributed by atoms with Crippen molar-refractivity contribution in [3.8, 4) is 5.69 Å². The van der Waals surface area contributed by atoms with Gasteiger partial charge < -0.3 is 0 Å². The van der Waals surface area contributed by atoms with Gasteiger partial charge in [0.25, 0.3) is 5.56 Å². The fraction of sp³-hybridized carbons (Fsp3) is 0.308. The zero-order chi connectivity index (χ0) is 11.8. The molecule has 0 bridgehead atoms. The largest absolute Gasteiger partial charge is 0.295 e. The van der Waals surface area contributed by atoms with E-state index in [4.69, 9.17) is 0 Å². The third-order valence-electron chi connectivity index (χ3n) is 3.26. The second-order valence-electron chi connectivity index (χ2n) is 4.39. The van der Waals surface area contributed by atoms with E-state index in [1.807, 2.05) is 24.3 Å². The van der Waals surface area contributed by atoms with E-state index in [-0.39, 0.29) is 5.56 Å². The molecule has 4 heteroatoms. The molecule has 1 aromatic carbocycles. The minimum atomic E-state index is 0.113. The molecular formula is C13H13BrN2O. The van der Waals surface area contributed by atoms with Crippen molar-refractivity contribution in [1.29, 1.82) is 0 Å². The Hall–Kier alpha value is -1.29. The molecule has 1 aliphatic rings. The van der Waals surface area contributed by atoms with Crippen molar-refractivity contribution in [2.45, 2.75) is 25.7 Å². The summed E-state index contributed by atoms with van der Waals surface area (Å²) in [6.07, 6.45) is 4.20. The highest BCUT2D eigenvalue weighted by Crippen LogP contribution is 2.18. The number of aromatic nitrogens is 2. The average molecular weight is 293 g/mol. The van der Waals surface area contributed by atoms with Crippen LogP contribution in [0, 0.1) is 0 Å². The fourth-order valence-corrected chi connectivity index (χ4v) is 2.62. The van der Waals surface area contributed by atoms with Crippen LogP contribution in [0.4, 0.5) is 0 Å². The number of aromatic amines is 1. The maximum absolute atomic E-state index is 12.2. The predicted molar refractivity (Wildman–Crippen MR) is 70.7 cm³/mol. The molecular weight excluding hydrogens is 280 g/mol. The van der Waals surface area contributed by atoms with Gasteiger partial charge in [-0.3, -0.25) is 9.89 Å². The Morgan fingerprint density at radius 3 is 2.53 bits per heavy atom. The Morgan fingerprint density at radius 1 is 1.12 bits per heavy atom. The van der Waals surface area contributed by atoms with Crippen LogP contribution in [0.3, 0.4) is 0 Å². The minimum Gasteiger partial charge on any atom is -0.295 e. The first-order chi connectivity index (χ1) is 8.25. The SMILES string of the molecule is O=c1c2c([nH]n1-c1ccc(Br)cc1)CCCC2. The highest BCUT2D eigenvalue weighted by atomic mass is 79.9. The van der Waals surface area contributed by atoms with Crippen molar-refractivity contribution >= 4 is 15.9 Å². The molecule has 0 amide bonds. The van der Waals surface area contributed by atoms with Gasteiger partial charge in [0, 0.05) is 15.7 Å². The normalized spacial score (nSPS) is 14.6. The van der Waals surface area contributed by atoms with E-state index in [2.05, 4.69) is 21.0 Å². The minimum absolute atomic E-state index is 0.113. The average Bonchev–Trinajstić information content (AvgIpc) is 2.69. The van der Waals surface area contributed by atoms with E-state index in [1.165, 1.54) is 6.42 Å². The number of benzene rings is 1. The molecule has 3 nitrogen and oxygen atoms in total. The van der Waals surface area contributed by atoms with Gasteiger partial charge in [0.05, 0.1) is 5.69 Å². The first kappa shape index (κ1) is 10.8. The molecule has 3 rings (SSSR count). The van der Waals surface area contributed by atoms with Gasteiger partial charge in [0.2, 0.25) is 0 Å². The molecule has 0 radical (unpaired) electrons. The van der Waals surface area contributed by atoms with Gasteiger partial charge in [-0.2, -0.15) is 0 Å². The molecule has 0 atom stereocenters. The van der Waals surface area contributed by atoms with Crippen LogP contribution in [0.1, 0.15) is 24.1 Å². The summed E-state index contributed by atoms with van der Waals surface area (Å²) >= 11 is 3.40. The van der Waals surface area contributed by atoms with E-state index in [9.17, 15) is 4.79 Å². The van der Waals surface area contributed by atoms with E-state index in [1.54, 1.807) is 4.68 Å². The molecule has 17 heavy (non-hydrogen) atoms. The van der Waals surface area contributed by atoms with E-state index >= 15 is 0 Å². The molecule has 0 aliphatic heterocycles. The standard InChI is InChI=1S/C13H13BrN2O/c14-9-5-7-10(8-6-9)16-13(17)11-3-1-2-4-12(11)15-16/h5-8,15H,1-4H2. The molecule has 88 valence electrons. The van der Waals surface area contributed by atoms with E-state index in [0.717, 1.165) is 40.7 Å². The van der Waals surface area contributed by atoms with Crippen LogP contribution in [-0.2, 0) is 12.8 Å². The third-order valence-corrected chi connectivity index (χ3v) is 3.79. The number of hydrogen-bond donors (Lipinski definition) is 1. The van der Waals surface area contributed by atoms with Crippen LogP contribution >= 0.6 is 15.9 Å². The summed E-state index contributed by atoms with van der Waals surface area (Å²) in [5.74, 6) is 0. The lowest BCUT2D eigenvalue weighted by Crippen LogP contribution is -2.17. The number of hydrogen-bond acceptors (Lipinski definition) is 1. The van der Waals surface area contributed by atoms with Gasteiger partial charge in [0.1, 0.15) is 0 Å². The Balaban J connectivity index is 2.12. The predicted octanol–water partition coefficient (Wildman–Crippen LogP) is 2.81. The number of halogens is 1. The summed E-state index contributed by atoms with van der Waals surface area (Å²) < 4.78 is 2.67. The second kappa shape index (κ2) is 4.18. The van der Waals surface area contributed by atoms with Crippen molar-refractivity contribution in [3.05, 3.63) is 50.3 Å². The van der Waals surface area contributed by atoms with E-state index in [0.29, 0.717) is 0 Å². The van der Waals surface area contributed by atoms with Crippen LogP contribution in [0.25, 0.3) is 5.69 Å². The molecule has 1 N–H and O–H groups in total. The first-order valence-electron chi connectivity index (χ1n) is 5.84. The number of rotatable bonds is 1. The monoisotopic (exact) mass is 292 g/mol. The zero-order valence-electron chi connectivity index (χ0n) is 9.37. The van der Waals surface area contributed by atoms with Gasteiger partial charge in [-0.15, -0.1) is 0 Å². The van der Waals surface area contributed by atoms with Crippen LogP contribution in [0.15, 0.2) is 33.5 Å². The number of nitrogens with one attached hydrogen (secondary N) is 1. The summed E-state index contributed by atoms with van der Waals surface area (Å²) in [4.78, 5) is 12.2. The van der Waals surface area contributed by atoms with Gasteiger partial charge in [0.15, 0.2) is 0 Å². The quantitative estimate of drug-likeness (QED) is 0.862.